The Labute approximate surface area is 231 Å². The molecule has 10 nitrogen and oxygen atoms in total. The maximum absolute atomic E-state index is 12.6. The second-order valence-electron chi connectivity index (χ2n) is 9.15. The monoisotopic (exact) mass is 541 g/mol. The molecule has 0 radical (unpaired) electrons. The predicted octanol–water partition coefficient (Wildman–Crippen LogP) is 4.28. The van der Waals surface area contributed by atoms with Crippen LogP contribution < -0.4 is 26.3 Å². The van der Waals surface area contributed by atoms with E-state index in [1.807, 2.05) is 60.7 Å². The Morgan fingerprint density at radius 1 is 0.875 bits per heavy atom. The third kappa shape index (κ3) is 6.84. The number of Topliss-reactive ketones (excluding diaryl/α,β-unsaturated/α-hetero) is 1. The number of amides is 3. The molecule has 0 aliphatic rings. The first-order chi connectivity index (χ1) is 19.3. The Kier molecular flexibility index (Phi) is 8.80. The summed E-state index contributed by atoms with van der Waals surface area (Å²) in [6, 6.07) is 20.4. The van der Waals surface area contributed by atoms with E-state index in [9.17, 15) is 14.4 Å². The topological polar surface area (TPSA) is 152 Å². The number of urea groups is 1. The normalized spacial score (nSPS) is 10.7. The highest BCUT2D eigenvalue weighted by atomic mass is 16.5. The number of hydrogen-bond donors (Lipinski definition) is 3. The maximum Gasteiger partial charge on any atom is 0.316 e. The number of nitrogens with one attached hydrogen (secondary N) is 1. The van der Waals surface area contributed by atoms with Gasteiger partial charge in [0.05, 0.1) is 31.8 Å². The van der Waals surface area contributed by atoms with Crippen molar-refractivity contribution >= 4 is 23.4 Å². The van der Waals surface area contributed by atoms with E-state index in [4.69, 9.17) is 20.9 Å². The van der Waals surface area contributed by atoms with Gasteiger partial charge in [0.25, 0.3) is 5.91 Å². The summed E-state index contributed by atoms with van der Waals surface area (Å²) in [7, 11) is 3.21. The average molecular weight is 542 g/mol. The molecule has 0 spiro atoms. The number of hydrogen-bond acceptors (Lipinski definition) is 6. The third-order valence-electron chi connectivity index (χ3n) is 6.46. The molecule has 1 aromatic heterocycles. The average Bonchev–Trinajstić information content (AvgIpc) is 3.38. The molecule has 10 heteroatoms. The van der Waals surface area contributed by atoms with Crippen LogP contribution in [-0.4, -0.2) is 41.7 Å². The summed E-state index contributed by atoms with van der Waals surface area (Å²) in [5, 5.41) is 6.52. The Balaban J connectivity index is 1.38. The molecule has 0 fully saturated rings. The molecule has 0 saturated heterocycles. The molecule has 0 saturated carbocycles. The van der Waals surface area contributed by atoms with Crippen molar-refractivity contribution in [1.29, 1.82) is 0 Å². The van der Waals surface area contributed by atoms with Crippen LogP contribution in [0.5, 0.6) is 11.5 Å². The zero-order valence-corrected chi connectivity index (χ0v) is 22.3. The zero-order valence-electron chi connectivity index (χ0n) is 22.3. The molecule has 3 aromatic carbocycles. The van der Waals surface area contributed by atoms with Crippen LogP contribution in [0.25, 0.3) is 16.8 Å². The molecule has 0 bridgehead atoms. The standard InChI is InChI=1S/C30H31N5O5/c1-39-25-15-10-21(27(17-25)40-2)9-14-24(36)13-6-19-4-3-5-22(16-19)20-7-11-23(12-8-20)35-18-26(33-30(32)38)28(34-35)29(31)37/h3-5,7-8,10-12,15-18H,6,9,13-14H2,1-2H3,(H2,31,37)(H3,32,33,38). The van der Waals surface area contributed by atoms with E-state index < -0.39 is 11.9 Å². The number of carbonyl (C=O) groups excluding carboxylic acids is 3. The minimum atomic E-state index is -0.823. The van der Waals surface area contributed by atoms with Crippen molar-refractivity contribution in [2.45, 2.75) is 25.7 Å². The van der Waals surface area contributed by atoms with Gasteiger partial charge in [-0.3, -0.25) is 9.59 Å². The number of aryl methyl sites for hydroxylation is 2. The molecule has 0 unspecified atom stereocenters. The molecule has 3 amide bonds. The summed E-state index contributed by atoms with van der Waals surface area (Å²) in [6.45, 7) is 0. The highest BCUT2D eigenvalue weighted by Crippen LogP contribution is 2.27. The number of ketones is 1. The van der Waals surface area contributed by atoms with E-state index in [-0.39, 0.29) is 17.2 Å². The number of aromatic nitrogens is 2. The van der Waals surface area contributed by atoms with Crippen molar-refractivity contribution in [2.75, 3.05) is 19.5 Å². The molecule has 40 heavy (non-hydrogen) atoms. The first kappa shape index (κ1) is 27.9. The van der Waals surface area contributed by atoms with Gasteiger partial charge in [0.1, 0.15) is 17.3 Å². The summed E-state index contributed by atoms with van der Waals surface area (Å²) < 4.78 is 12.1. The van der Waals surface area contributed by atoms with Gasteiger partial charge in [-0.1, -0.05) is 42.5 Å². The van der Waals surface area contributed by atoms with Gasteiger partial charge in [0.15, 0.2) is 5.69 Å². The van der Waals surface area contributed by atoms with Gasteiger partial charge < -0.3 is 26.3 Å². The van der Waals surface area contributed by atoms with Gasteiger partial charge in [-0.15, -0.1) is 0 Å². The molecule has 4 rings (SSSR count). The van der Waals surface area contributed by atoms with Crippen LogP contribution in [0.3, 0.4) is 0 Å². The number of carbonyl (C=O) groups is 3. The molecular weight excluding hydrogens is 510 g/mol. The quantitative estimate of drug-likeness (QED) is 0.243. The lowest BCUT2D eigenvalue weighted by Gasteiger charge is -2.10. The highest BCUT2D eigenvalue weighted by molar-refractivity contribution is 6.00. The molecule has 1 heterocycles. The van der Waals surface area contributed by atoms with Gasteiger partial charge >= 0.3 is 6.03 Å². The Morgan fingerprint density at radius 2 is 1.62 bits per heavy atom. The van der Waals surface area contributed by atoms with E-state index >= 15 is 0 Å². The molecule has 0 aliphatic carbocycles. The minimum absolute atomic E-state index is 0.0896. The maximum atomic E-state index is 12.6. The van der Waals surface area contributed by atoms with Crippen LogP contribution in [0.2, 0.25) is 0 Å². The lowest BCUT2D eigenvalue weighted by atomic mass is 9.98. The van der Waals surface area contributed by atoms with E-state index in [0.29, 0.717) is 37.1 Å². The second-order valence-corrected chi connectivity index (χ2v) is 9.15. The SMILES string of the molecule is COc1ccc(CCC(=O)CCc2cccc(-c3ccc(-n4cc(NC(N)=O)c(C(N)=O)n4)cc3)c2)c(OC)c1. The van der Waals surface area contributed by atoms with Crippen LogP contribution >= 0.6 is 0 Å². The molecule has 0 aliphatic heterocycles. The fourth-order valence-corrected chi connectivity index (χ4v) is 4.37. The number of anilines is 1. The summed E-state index contributed by atoms with van der Waals surface area (Å²) in [4.78, 5) is 35.6. The van der Waals surface area contributed by atoms with E-state index in [1.165, 1.54) is 10.9 Å². The molecular formula is C30H31N5O5. The van der Waals surface area contributed by atoms with Gasteiger partial charge in [0.2, 0.25) is 0 Å². The van der Waals surface area contributed by atoms with E-state index in [0.717, 1.165) is 28.0 Å². The van der Waals surface area contributed by atoms with Crippen molar-refractivity contribution < 1.29 is 23.9 Å². The fraction of sp³-hybridized carbons (Fsp3) is 0.200. The van der Waals surface area contributed by atoms with Gasteiger partial charge in [-0.25, -0.2) is 9.48 Å². The third-order valence-corrected chi connectivity index (χ3v) is 6.46. The number of benzene rings is 3. The molecule has 5 N–H and O–H groups in total. The van der Waals surface area contributed by atoms with Gasteiger partial charge in [-0.05, 0) is 53.3 Å². The summed E-state index contributed by atoms with van der Waals surface area (Å²) in [6.07, 6.45) is 3.61. The fourth-order valence-electron chi connectivity index (χ4n) is 4.37. The summed E-state index contributed by atoms with van der Waals surface area (Å²) >= 11 is 0. The number of nitrogens with two attached hydrogens (primary N) is 2. The Bertz CT molecular complexity index is 1530. The first-order valence-corrected chi connectivity index (χ1v) is 12.7. The number of nitrogens with zero attached hydrogens (tertiary/aromatic N) is 2. The molecule has 4 aromatic rings. The van der Waals surface area contributed by atoms with Crippen LogP contribution in [0, 0.1) is 0 Å². The number of primary amides is 2. The number of ether oxygens (including phenoxy) is 2. The minimum Gasteiger partial charge on any atom is -0.497 e. The van der Waals surface area contributed by atoms with Crippen LogP contribution in [0.1, 0.15) is 34.5 Å². The van der Waals surface area contributed by atoms with Crippen LogP contribution in [-0.2, 0) is 17.6 Å². The lowest BCUT2D eigenvalue weighted by Crippen LogP contribution is -2.22. The number of rotatable bonds is 12. The Hall–Kier alpha value is -5.12. The van der Waals surface area contributed by atoms with E-state index in [2.05, 4.69) is 16.5 Å². The summed E-state index contributed by atoms with van der Waals surface area (Å²) in [5.74, 6) is 0.837. The van der Waals surface area contributed by atoms with Crippen molar-refractivity contribution in [3.05, 3.63) is 89.7 Å². The summed E-state index contributed by atoms with van der Waals surface area (Å²) in [5.41, 5.74) is 15.3. The number of methoxy groups -OCH3 is 2. The van der Waals surface area contributed by atoms with Crippen molar-refractivity contribution in [3.8, 4) is 28.3 Å². The molecule has 0 atom stereocenters. The van der Waals surface area contributed by atoms with Crippen molar-refractivity contribution in [1.82, 2.24) is 9.78 Å². The van der Waals surface area contributed by atoms with Crippen molar-refractivity contribution in [3.63, 3.8) is 0 Å². The molecule has 206 valence electrons. The predicted molar refractivity (Wildman–Crippen MR) is 152 cm³/mol. The first-order valence-electron chi connectivity index (χ1n) is 12.7. The van der Waals surface area contributed by atoms with E-state index in [1.54, 1.807) is 14.2 Å². The highest BCUT2D eigenvalue weighted by Gasteiger charge is 2.16. The van der Waals surface area contributed by atoms with Crippen molar-refractivity contribution in [2.24, 2.45) is 11.5 Å². The smallest absolute Gasteiger partial charge is 0.316 e. The van der Waals surface area contributed by atoms with Gasteiger partial charge in [-0.2, -0.15) is 5.10 Å². The van der Waals surface area contributed by atoms with Crippen LogP contribution in [0.15, 0.2) is 72.9 Å². The lowest BCUT2D eigenvalue weighted by molar-refractivity contribution is -0.119. The van der Waals surface area contributed by atoms with Gasteiger partial charge in [0, 0.05) is 18.9 Å². The van der Waals surface area contributed by atoms with Crippen LogP contribution in [0.4, 0.5) is 10.5 Å². The second kappa shape index (κ2) is 12.6. The Morgan fingerprint density at radius 3 is 2.30 bits per heavy atom. The largest absolute Gasteiger partial charge is 0.497 e. The zero-order chi connectivity index (χ0) is 28.6.